The summed E-state index contributed by atoms with van der Waals surface area (Å²) < 4.78 is 27.2. The van der Waals surface area contributed by atoms with Crippen molar-refractivity contribution in [3.05, 3.63) is 36.4 Å². The lowest BCUT2D eigenvalue weighted by atomic mass is 9.99. The Morgan fingerprint density at radius 2 is 1.69 bits per heavy atom. The number of ether oxygens (including phenoxy) is 5. The first-order chi connectivity index (χ1) is 15.3. The number of rotatable bonds is 8. The Bertz CT molecular complexity index is 759. The Morgan fingerprint density at radius 3 is 2.38 bits per heavy atom. The molecule has 1 aromatic carbocycles. The van der Waals surface area contributed by atoms with Gasteiger partial charge in [0.25, 0.3) is 0 Å². The van der Waals surface area contributed by atoms with Gasteiger partial charge in [0, 0.05) is 0 Å². The maximum Gasteiger partial charge on any atom is 0.229 e. The number of hydrogen-bond donors (Lipinski definition) is 6. The Kier molecular flexibility index (Phi) is 8.44. The van der Waals surface area contributed by atoms with Crippen LogP contribution in [0, 0.1) is 0 Å². The van der Waals surface area contributed by atoms with Crippen LogP contribution in [0.1, 0.15) is 5.56 Å². The molecule has 2 aliphatic rings. The van der Waals surface area contributed by atoms with Gasteiger partial charge in [-0.2, -0.15) is 0 Å². The third kappa shape index (κ3) is 5.39. The van der Waals surface area contributed by atoms with Crippen LogP contribution in [-0.4, -0.2) is 106 Å². The highest BCUT2D eigenvalue weighted by Gasteiger charge is 2.46. The molecule has 3 rings (SSSR count). The molecular weight excluding hydrogens is 428 g/mol. The molecule has 2 heterocycles. The summed E-state index contributed by atoms with van der Waals surface area (Å²) in [7, 11) is 1.45. The normalized spacial score (nSPS) is 37.7. The zero-order valence-corrected chi connectivity index (χ0v) is 17.6. The van der Waals surface area contributed by atoms with Crippen LogP contribution in [0.3, 0.4) is 0 Å². The number of aliphatic hydroxyl groups is 6. The summed E-state index contributed by atoms with van der Waals surface area (Å²) in [6.45, 7) is 3.06. The predicted molar refractivity (Wildman–Crippen MR) is 108 cm³/mol. The predicted octanol–water partition coefficient (Wildman–Crippen LogP) is -1.93. The van der Waals surface area contributed by atoms with Crippen LogP contribution in [-0.2, 0) is 20.6 Å². The van der Waals surface area contributed by atoms with E-state index in [1.54, 1.807) is 24.3 Å². The first kappa shape index (κ1) is 24.8. The van der Waals surface area contributed by atoms with E-state index in [1.807, 2.05) is 0 Å². The fourth-order valence-corrected chi connectivity index (χ4v) is 3.50. The SMILES string of the molecule is C=CCc1ccc(O[C@@H]2O[C@@H](CO[C@H]3OC[C@H](O)[C@H](O)[C@H]3O)[C@@H](O)[C@H](O)[C@@H]2O)c(OC)c1. The highest BCUT2D eigenvalue weighted by atomic mass is 16.7. The lowest BCUT2D eigenvalue weighted by Gasteiger charge is -2.41. The van der Waals surface area contributed by atoms with Crippen LogP contribution in [0.4, 0.5) is 0 Å². The molecule has 180 valence electrons. The fraction of sp³-hybridized carbons (Fsp3) is 0.619. The van der Waals surface area contributed by atoms with E-state index in [1.165, 1.54) is 7.11 Å². The number of benzene rings is 1. The van der Waals surface area contributed by atoms with Gasteiger partial charge in [-0.15, -0.1) is 6.58 Å². The Morgan fingerprint density at radius 1 is 0.969 bits per heavy atom. The third-order valence-corrected chi connectivity index (χ3v) is 5.40. The van der Waals surface area contributed by atoms with Gasteiger partial charge in [0.05, 0.1) is 20.3 Å². The Balaban J connectivity index is 1.67. The zero-order valence-electron chi connectivity index (χ0n) is 17.6. The largest absolute Gasteiger partial charge is 0.493 e. The van der Waals surface area contributed by atoms with Crippen LogP contribution in [0.5, 0.6) is 11.5 Å². The van der Waals surface area contributed by atoms with Crippen molar-refractivity contribution in [1.82, 2.24) is 0 Å². The first-order valence-corrected chi connectivity index (χ1v) is 10.2. The summed E-state index contributed by atoms with van der Waals surface area (Å²) in [5.74, 6) is 0.621. The van der Waals surface area contributed by atoms with Crippen molar-refractivity contribution in [2.24, 2.45) is 0 Å². The van der Waals surface area contributed by atoms with E-state index < -0.39 is 55.3 Å². The number of hydrogen-bond acceptors (Lipinski definition) is 11. The standard InChI is InChI=1S/C21H30O11/c1-3-4-10-5-6-12(13(7-10)28-2)31-21-19(27)17(25)16(24)14(32-21)9-30-20-18(26)15(23)11(22)8-29-20/h3,5-7,11,14-27H,1,4,8-9H2,2H3/t11-,14-,15-,16+,17-,18+,19-,20+,21+/m0/s1. The summed E-state index contributed by atoms with van der Waals surface area (Å²) >= 11 is 0. The highest BCUT2D eigenvalue weighted by molar-refractivity contribution is 5.43. The van der Waals surface area contributed by atoms with Gasteiger partial charge in [-0.1, -0.05) is 12.1 Å². The van der Waals surface area contributed by atoms with Crippen LogP contribution in [0.15, 0.2) is 30.9 Å². The molecule has 0 aliphatic carbocycles. The third-order valence-electron chi connectivity index (χ3n) is 5.40. The average Bonchev–Trinajstić information content (AvgIpc) is 2.79. The van der Waals surface area contributed by atoms with Crippen molar-refractivity contribution in [2.45, 2.75) is 61.7 Å². The number of allylic oxidation sites excluding steroid dienone is 1. The minimum absolute atomic E-state index is 0.246. The van der Waals surface area contributed by atoms with Gasteiger partial charge in [-0.3, -0.25) is 0 Å². The molecule has 6 N–H and O–H groups in total. The highest BCUT2D eigenvalue weighted by Crippen LogP contribution is 2.32. The fourth-order valence-electron chi connectivity index (χ4n) is 3.50. The molecule has 0 aromatic heterocycles. The molecule has 0 radical (unpaired) electrons. The van der Waals surface area contributed by atoms with E-state index in [0.29, 0.717) is 12.2 Å². The molecule has 0 saturated carbocycles. The smallest absolute Gasteiger partial charge is 0.229 e. The van der Waals surface area contributed by atoms with E-state index in [2.05, 4.69) is 6.58 Å². The molecule has 2 aliphatic heterocycles. The van der Waals surface area contributed by atoms with Crippen LogP contribution >= 0.6 is 0 Å². The summed E-state index contributed by atoms with van der Waals surface area (Å²) in [5.41, 5.74) is 0.925. The van der Waals surface area contributed by atoms with Crippen LogP contribution in [0.25, 0.3) is 0 Å². The zero-order chi connectivity index (χ0) is 23.4. The monoisotopic (exact) mass is 458 g/mol. The molecule has 0 spiro atoms. The van der Waals surface area contributed by atoms with Crippen molar-refractivity contribution in [2.75, 3.05) is 20.3 Å². The second-order valence-electron chi connectivity index (χ2n) is 7.69. The number of methoxy groups -OCH3 is 1. The van der Waals surface area contributed by atoms with Gasteiger partial charge < -0.3 is 54.3 Å². The average molecular weight is 458 g/mol. The van der Waals surface area contributed by atoms with E-state index in [-0.39, 0.29) is 19.0 Å². The van der Waals surface area contributed by atoms with Crippen molar-refractivity contribution >= 4 is 0 Å². The van der Waals surface area contributed by atoms with Crippen molar-refractivity contribution in [3.8, 4) is 11.5 Å². The van der Waals surface area contributed by atoms with E-state index >= 15 is 0 Å². The van der Waals surface area contributed by atoms with E-state index in [4.69, 9.17) is 23.7 Å². The summed E-state index contributed by atoms with van der Waals surface area (Å²) in [5, 5.41) is 60.1. The van der Waals surface area contributed by atoms with Gasteiger partial charge in [0.2, 0.25) is 6.29 Å². The van der Waals surface area contributed by atoms with Gasteiger partial charge in [0.15, 0.2) is 17.8 Å². The lowest BCUT2D eigenvalue weighted by Crippen LogP contribution is -2.61. The minimum Gasteiger partial charge on any atom is -0.493 e. The quantitative estimate of drug-likeness (QED) is 0.240. The molecule has 2 fully saturated rings. The van der Waals surface area contributed by atoms with Crippen molar-refractivity contribution in [1.29, 1.82) is 0 Å². The Labute approximate surface area is 185 Å². The van der Waals surface area contributed by atoms with Crippen molar-refractivity contribution < 1.29 is 54.3 Å². The molecule has 11 heteroatoms. The second-order valence-corrected chi connectivity index (χ2v) is 7.69. The number of aliphatic hydroxyl groups excluding tert-OH is 6. The summed E-state index contributed by atoms with van der Waals surface area (Å²) in [6, 6.07) is 5.14. The first-order valence-electron chi connectivity index (χ1n) is 10.2. The molecule has 0 bridgehead atoms. The molecule has 11 nitrogen and oxygen atoms in total. The van der Waals surface area contributed by atoms with Crippen LogP contribution in [0.2, 0.25) is 0 Å². The lowest BCUT2D eigenvalue weighted by molar-refractivity contribution is -0.307. The minimum atomic E-state index is -1.61. The van der Waals surface area contributed by atoms with Crippen molar-refractivity contribution in [3.63, 3.8) is 0 Å². The molecule has 32 heavy (non-hydrogen) atoms. The van der Waals surface area contributed by atoms with Gasteiger partial charge in [-0.05, 0) is 24.1 Å². The topological polar surface area (TPSA) is 168 Å². The van der Waals surface area contributed by atoms with Gasteiger partial charge in [0.1, 0.15) is 42.7 Å². The molecule has 1 aromatic rings. The maximum atomic E-state index is 10.3. The summed E-state index contributed by atoms with van der Waals surface area (Å²) in [6.07, 6.45) is -10.4. The second kappa shape index (κ2) is 10.9. The van der Waals surface area contributed by atoms with Gasteiger partial charge in [-0.25, -0.2) is 0 Å². The van der Waals surface area contributed by atoms with Gasteiger partial charge >= 0.3 is 0 Å². The Hall–Kier alpha value is -1.80. The van der Waals surface area contributed by atoms with E-state index in [9.17, 15) is 30.6 Å². The molecule has 2 saturated heterocycles. The molecule has 0 unspecified atom stereocenters. The maximum absolute atomic E-state index is 10.3. The summed E-state index contributed by atoms with van der Waals surface area (Å²) in [4.78, 5) is 0. The molecular formula is C21H30O11. The van der Waals surface area contributed by atoms with Crippen LogP contribution < -0.4 is 9.47 Å². The van der Waals surface area contributed by atoms with E-state index in [0.717, 1.165) is 5.56 Å². The molecule has 0 amide bonds. The molecule has 9 atom stereocenters.